The van der Waals surface area contributed by atoms with Gasteiger partial charge in [0.25, 0.3) is 0 Å². The van der Waals surface area contributed by atoms with Crippen molar-refractivity contribution < 1.29 is 15.0 Å². The van der Waals surface area contributed by atoms with E-state index in [2.05, 4.69) is 6.07 Å². The summed E-state index contributed by atoms with van der Waals surface area (Å²) in [4.78, 5) is 10.9. The largest absolute Gasteiger partial charge is 0.478 e. The van der Waals surface area contributed by atoms with Crippen LogP contribution in [0.3, 0.4) is 0 Å². The lowest BCUT2D eigenvalue weighted by Crippen LogP contribution is -2.44. The Kier molecular flexibility index (Phi) is 4.91. The molecule has 0 spiro atoms. The van der Waals surface area contributed by atoms with Crippen LogP contribution < -0.4 is 0 Å². The van der Waals surface area contributed by atoms with Crippen LogP contribution in [0, 0.1) is 22.7 Å². The van der Waals surface area contributed by atoms with Gasteiger partial charge in [-0.05, 0) is 36.5 Å². The van der Waals surface area contributed by atoms with Gasteiger partial charge >= 0.3 is 5.97 Å². The van der Waals surface area contributed by atoms with Crippen LogP contribution in [0.4, 0.5) is 0 Å². The third kappa shape index (κ3) is 3.16. The number of carbonyl (C=O) groups is 1. The van der Waals surface area contributed by atoms with Gasteiger partial charge in [-0.3, -0.25) is 0 Å². The standard InChI is InChI=1S/C19H23NO3/c1-3-16(4-2)19(23,18(13-20)11-12-18)10-9-14-5-7-15(8-6-14)17(21)22/h5-10,16,23H,3-4,11-12H2,1-2H3,(H,21,22)/b10-9+/t19-/m1/s1. The number of carboxylic acid groups (broad SMARTS) is 1. The minimum atomic E-state index is -1.14. The summed E-state index contributed by atoms with van der Waals surface area (Å²) in [5.41, 5.74) is -0.779. The van der Waals surface area contributed by atoms with Crippen LogP contribution in [0.1, 0.15) is 55.5 Å². The Labute approximate surface area is 137 Å². The second kappa shape index (κ2) is 6.55. The van der Waals surface area contributed by atoms with Crippen molar-refractivity contribution in [1.82, 2.24) is 0 Å². The lowest BCUT2D eigenvalue weighted by Gasteiger charge is -2.37. The van der Waals surface area contributed by atoms with Crippen molar-refractivity contribution in [3.63, 3.8) is 0 Å². The number of hydrogen-bond acceptors (Lipinski definition) is 3. The fourth-order valence-electron chi connectivity index (χ4n) is 3.28. The number of aromatic carboxylic acids is 1. The van der Waals surface area contributed by atoms with E-state index in [0.29, 0.717) is 0 Å². The predicted molar refractivity (Wildman–Crippen MR) is 88.7 cm³/mol. The van der Waals surface area contributed by atoms with Gasteiger partial charge in [-0.1, -0.05) is 51.0 Å². The zero-order chi connectivity index (χ0) is 17.1. The van der Waals surface area contributed by atoms with E-state index in [1.807, 2.05) is 13.8 Å². The normalized spacial score (nSPS) is 18.6. The molecule has 0 unspecified atom stereocenters. The smallest absolute Gasteiger partial charge is 0.335 e. The number of nitriles is 1. The van der Waals surface area contributed by atoms with Crippen molar-refractivity contribution in [2.75, 3.05) is 0 Å². The lowest BCUT2D eigenvalue weighted by atomic mass is 9.72. The van der Waals surface area contributed by atoms with E-state index in [1.165, 1.54) is 12.1 Å². The molecule has 122 valence electrons. The van der Waals surface area contributed by atoms with Crippen molar-refractivity contribution in [2.24, 2.45) is 11.3 Å². The average Bonchev–Trinajstić information content (AvgIpc) is 3.36. The fourth-order valence-corrected chi connectivity index (χ4v) is 3.28. The molecule has 1 saturated carbocycles. The number of hydrogen-bond donors (Lipinski definition) is 2. The van der Waals surface area contributed by atoms with E-state index in [0.717, 1.165) is 31.2 Å². The third-order valence-electron chi connectivity index (χ3n) is 5.03. The highest BCUT2D eigenvalue weighted by Gasteiger charge is 2.60. The lowest BCUT2D eigenvalue weighted by molar-refractivity contribution is -0.0209. The van der Waals surface area contributed by atoms with Crippen LogP contribution in [0.15, 0.2) is 30.3 Å². The van der Waals surface area contributed by atoms with Gasteiger partial charge in [0.05, 0.1) is 17.0 Å². The first kappa shape index (κ1) is 17.2. The molecule has 1 aromatic carbocycles. The molecule has 4 nitrogen and oxygen atoms in total. The van der Waals surface area contributed by atoms with E-state index in [-0.39, 0.29) is 11.5 Å². The summed E-state index contributed by atoms with van der Waals surface area (Å²) in [6.07, 6.45) is 6.59. The molecule has 0 saturated heterocycles. The summed E-state index contributed by atoms with van der Waals surface area (Å²) >= 11 is 0. The molecule has 1 aromatic rings. The molecule has 0 radical (unpaired) electrons. The molecule has 1 aliphatic carbocycles. The molecule has 4 heteroatoms. The molecule has 23 heavy (non-hydrogen) atoms. The summed E-state index contributed by atoms with van der Waals surface area (Å²) in [6.45, 7) is 4.06. The molecule has 0 aromatic heterocycles. The highest BCUT2D eigenvalue weighted by Crippen LogP contribution is 2.58. The molecule has 1 fully saturated rings. The highest BCUT2D eigenvalue weighted by molar-refractivity contribution is 5.87. The second-order valence-corrected chi connectivity index (χ2v) is 6.29. The second-order valence-electron chi connectivity index (χ2n) is 6.29. The summed E-state index contributed by atoms with van der Waals surface area (Å²) < 4.78 is 0. The average molecular weight is 313 g/mol. The SMILES string of the molecule is CCC(CC)[C@](O)(/C=C/c1ccc(C(=O)O)cc1)C1(C#N)CC1. The summed E-state index contributed by atoms with van der Waals surface area (Å²) in [6, 6.07) is 8.81. The van der Waals surface area contributed by atoms with E-state index in [1.54, 1.807) is 24.3 Å². The molecule has 2 N–H and O–H groups in total. The molecule has 2 rings (SSSR count). The maximum Gasteiger partial charge on any atom is 0.335 e. The molecule has 0 bridgehead atoms. The van der Waals surface area contributed by atoms with E-state index >= 15 is 0 Å². The Morgan fingerprint density at radius 2 is 1.91 bits per heavy atom. The van der Waals surface area contributed by atoms with Crippen LogP contribution in [-0.2, 0) is 0 Å². The van der Waals surface area contributed by atoms with E-state index < -0.39 is 17.0 Å². The van der Waals surface area contributed by atoms with Crippen molar-refractivity contribution in [1.29, 1.82) is 5.26 Å². The number of aliphatic hydroxyl groups is 1. The number of rotatable bonds is 7. The molecular weight excluding hydrogens is 290 g/mol. The quantitative estimate of drug-likeness (QED) is 0.800. The Bertz CT molecular complexity index is 634. The van der Waals surface area contributed by atoms with Crippen LogP contribution in [-0.4, -0.2) is 21.8 Å². The highest BCUT2D eigenvalue weighted by atomic mass is 16.4. The van der Waals surface area contributed by atoms with Crippen LogP contribution in [0.2, 0.25) is 0 Å². The fraction of sp³-hybridized carbons (Fsp3) is 0.474. The Hall–Kier alpha value is -2.12. The summed E-state index contributed by atoms with van der Waals surface area (Å²) in [5, 5.41) is 29.7. The number of carboxylic acids is 1. The van der Waals surface area contributed by atoms with Gasteiger partial charge in [0.15, 0.2) is 0 Å². The van der Waals surface area contributed by atoms with Gasteiger partial charge in [0.1, 0.15) is 5.60 Å². The molecule has 0 amide bonds. The third-order valence-corrected chi connectivity index (χ3v) is 5.03. The summed E-state index contributed by atoms with van der Waals surface area (Å²) in [5.74, 6) is -0.935. The first-order chi connectivity index (χ1) is 10.9. The van der Waals surface area contributed by atoms with Crippen LogP contribution in [0.25, 0.3) is 6.08 Å². The van der Waals surface area contributed by atoms with E-state index in [4.69, 9.17) is 5.11 Å². The van der Waals surface area contributed by atoms with Gasteiger partial charge in [0, 0.05) is 0 Å². The number of nitrogens with zero attached hydrogens (tertiary/aromatic N) is 1. The zero-order valence-corrected chi connectivity index (χ0v) is 13.6. The Balaban J connectivity index is 2.31. The van der Waals surface area contributed by atoms with Gasteiger partial charge in [0.2, 0.25) is 0 Å². The predicted octanol–water partition coefficient (Wildman–Crippen LogP) is 3.87. The minimum Gasteiger partial charge on any atom is -0.478 e. The minimum absolute atomic E-state index is 0.0270. The monoisotopic (exact) mass is 313 g/mol. The maximum absolute atomic E-state index is 11.3. The molecule has 0 heterocycles. The van der Waals surface area contributed by atoms with Gasteiger partial charge < -0.3 is 10.2 Å². The van der Waals surface area contributed by atoms with Crippen molar-refractivity contribution in [3.05, 3.63) is 41.5 Å². The van der Waals surface area contributed by atoms with Gasteiger partial charge in [-0.25, -0.2) is 4.79 Å². The van der Waals surface area contributed by atoms with Gasteiger partial charge in [-0.15, -0.1) is 0 Å². The van der Waals surface area contributed by atoms with Crippen molar-refractivity contribution in [2.45, 2.75) is 45.1 Å². The molecular formula is C19H23NO3. The van der Waals surface area contributed by atoms with Crippen molar-refractivity contribution in [3.8, 4) is 6.07 Å². The summed E-state index contributed by atoms with van der Waals surface area (Å²) in [7, 11) is 0. The van der Waals surface area contributed by atoms with Crippen LogP contribution in [0.5, 0.6) is 0 Å². The van der Waals surface area contributed by atoms with E-state index in [9.17, 15) is 15.2 Å². The van der Waals surface area contributed by atoms with Crippen molar-refractivity contribution >= 4 is 12.0 Å². The topological polar surface area (TPSA) is 81.3 Å². The van der Waals surface area contributed by atoms with Gasteiger partial charge in [-0.2, -0.15) is 5.26 Å². The molecule has 0 aliphatic heterocycles. The number of benzene rings is 1. The first-order valence-corrected chi connectivity index (χ1v) is 8.08. The maximum atomic E-state index is 11.3. The Morgan fingerprint density at radius 3 is 2.30 bits per heavy atom. The molecule has 1 atom stereocenters. The van der Waals surface area contributed by atoms with Crippen LogP contribution >= 0.6 is 0 Å². The first-order valence-electron chi connectivity index (χ1n) is 8.08. The molecule has 1 aliphatic rings. The zero-order valence-electron chi connectivity index (χ0n) is 13.6. The Morgan fingerprint density at radius 1 is 1.35 bits per heavy atom.